The van der Waals surface area contributed by atoms with Gasteiger partial charge < -0.3 is 15.5 Å². The summed E-state index contributed by atoms with van der Waals surface area (Å²) >= 11 is 12.3. The van der Waals surface area contributed by atoms with Crippen LogP contribution in [-0.4, -0.2) is 39.7 Å². The van der Waals surface area contributed by atoms with Crippen molar-refractivity contribution < 1.29 is 14.0 Å². The molecule has 0 radical (unpaired) electrons. The Morgan fingerprint density at radius 3 is 2.37 bits per heavy atom. The van der Waals surface area contributed by atoms with Crippen molar-refractivity contribution in [3.63, 3.8) is 0 Å². The lowest BCUT2D eigenvalue weighted by Gasteiger charge is -2.24. The normalized spacial score (nSPS) is 10.9. The van der Waals surface area contributed by atoms with Crippen LogP contribution in [0.3, 0.4) is 0 Å². The molecule has 2 N–H and O–H groups in total. The summed E-state index contributed by atoms with van der Waals surface area (Å²) in [4.78, 5) is 27.7. The van der Waals surface area contributed by atoms with E-state index in [4.69, 9.17) is 23.2 Å². The van der Waals surface area contributed by atoms with Crippen molar-refractivity contribution in [3.05, 3.63) is 94.7 Å². The molecule has 4 aromatic rings. The number of hydrogen-bond acceptors (Lipinski definition) is 3. The van der Waals surface area contributed by atoms with E-state index in [-0.39, 0.29) is 23.3 Å². The van der Waals surface area contributed by atoms with Gasteiger partial charge in [-0.15, -0.1) is 0 Å². The van der Waals surface area contributed by atoms with Crippen LogP contribution in [0.5, 0.6) is 0 Å². The van der Waals surface area contributed by atoms with Crippen molar-refractivity contribution in [1.82, 2.24) is 14.7 Å². The Hall–Kier alpha value is -3.88. The van der Waals surface area contributed by atoms with E-state index in [1.807, 2.05) is 44.2 Å². The highest BCUT2D eigenvalue weighted by molar-refractivity contribution is 6.44. The number of hydrogen-bond donors (Lipinski definition) is 2. The average molecular weight is 554 g/mol. The van der Waals surface area contributed by atoms with Crippen LogP contribution in [0.2, 0.25) is 10.0 Å². The molecule has 196 valence electrons. The first-order chi connectivity index (χ1) is 18.2. The minimum absolute atomic E-state index is 0.0952. The van der Waals surface area contributed by atoms with Gasteiger partial charge in [-0.3, -0.25) is 4.79 Å². The van der Waals surface area contributed by atoms with E-state index in [1.54, 1.807) is 36.4 Å². The number of rotatable bonds is 8. The summed E-state index contributed by atoms with van der Waals surface area (Å²) in [5, 5.41) is 10.7. The minimum Gasteiger partial charge on any atom is -0.315 e. The van der Waals surface area contributed by atoms with Gasteiger partial charge in [0.2, 0.25) is 5.91 Å². The zero-order valence-electron chi connectivity index (χ0n) is 20.8. The zero-order chi connectivity index (χ0) is 27.2. The first-order valence-electron chi connectivity index (χ1n) is 11.9. The van der Waals surface area contributed by atoms with Gasteiger partial charge in [0.05, 0.1) is 27.1 Å². The van der Waals surface area contributed by atoms with Gasteiger partial charge in [0.15, 0.2) is 0 Å². The molecule has 1 heterocycles. The summed E-state index contributed by atoms with van der Waals surface area (Å²) < 4.78 is 15.1. The molecular weight excluding hydrogens is 528 g/mol. The molecule has 7 nitrogen and oxygen atoms in total. The van der Waals surface area contributed by atoms with Gasteiger partial charge in [-0.1, -0.05) is 73.4 Å². The van der Waals surface area contributed by atoms with Crippen molar-refractivity contribution in [2.24, 2.45) is 5.92 Å². The number of nitrogens with zero attached hydrogens (tertiary/aromatic N) is 3. The molecule has 1 aromatic heterocycles. The van der Waals surface area contributed by atoms with Crippen LogP contribution >= 0.6 is 23.2 Å². The van der Waals surface area contributed by atoms with Gasteiger partial charge in [-0.05, 0) is 42.3 Å². The molecule has 0 unspecified atom stereocenters. The number of carbonyl (C=O) groups is 2. The van der Waals surface area contributed by atoms with E-state index in [1.165, 1.54) is 21.7 Å². The van der Waals surface area contributed by atoms with E-state index in [0.717, 1.165) is 5.56 Å². The molecule has 38 heavy (non-hydrogen) atoms. The molecule has 3 aromatic carbocycles. The second kappa shape index (κ2) is 12.1. The maximum absolute atomic E-state index is 13.6. The van der Waals surface area contributed by atoms with E-state index in [2.05, 4.69) is 15.7 Å². The lowest BCUT2D eigenvalue weighted by Crippen LogP contribution is -2.42. The quantitative estimate of drug-likeness (QED) is 0.244. The maximum Gasteiger partial charge on any atom is 0.322 e. The predicted octanol–water partition coefficient (Wildman–Crippen LogP) is 7.11. The van der Waals surface area contributed by atoms with Crippen molar-refractivity contribution in [2.75, 3.05) is 23.7 Å². The van der Waals surface area contributed by atoms with Crippen molar-refractivity contribution in [3.8, 4) is 16.9 Å². The van der Waals surface area contributed by atoms with Crippen LogP contribution in [0.1, 0.15) is 13.8 Å². The van der Waals surface area contributed by atoms with Gasteiger partial charge >= 0.3 is 6.03 Å². The van der Waals surface area contributed by atoms with Gasteiger partial charge in [0.25, 0.3) is 0 Å². The molecular formula is C28H26Cl2FN5O2. The molecule has 0 atom stereocenters. The number of amides is 3. The number of urea groups is 1. The Bertz CT molecular complexity index is 1430. The van der Waals surface area contributed by atoms with Crippen molar-refractivity contribution in [1.29, 1.82) is 0 Å². The first kappa shape index (κ1) is 27.2. The molecule has 0 aliphatic rings. The van der Waals surface area contributed by atoms with E-state index in [9.17, 15) is 14.0 Å². The summed E-state index contributed by atoms with van der Waals surface area (Å²) in [6, 6.07) is 21.4. The Morgan fingerprint density at radius 2 is 1.68 bits per heavy atom. The summed E-state index contributed by atoms with van der Waals surface area (Å²) in [5.74, 6) is -0.341. The maximum atomic E-state index is 13.6. The Morgan fingerprint density at radius 1 is 0.974 bits per heavy atom. The monoisotopic (exact) mass is 553 g/mol. The number of benzene rings is 3. The van der Waals surface area contributed by atoms with Gasteiger partial charge in [-0.25, -0.2) is 13.9 Å². The predicted molar refractivity (Wildman–Crippen MR) is 149 cm³/mol. The van der Waals surface area contributed by atoms with Gasteiger partial charge in [-0.2, -0.15) is 5.10 Å². The number of aromatic nitrogens is 2. The largest absolute Gasteiger partial charge is 0.322 e. The van der Waals surface area contributed by atoms with Crippen LogP contribution in [0, 0.1) is 11.7 Å². The highest BCUT2D eigenvalue weighted by Gasteiger charge is 2.21. The SMILES string of the molecule is CC(C)CN(CC(=O)Nc1cc(-c2ccccc2)nn1-c1ccc(F)cc1)C(=O)Nc1cccc(Cl)c1Cl. The third kappa shape index (κ3) is 6.70. The van der Waals surface area contributed by atoms with E-state index < -0.39 is 11.9 Å². The molecule has 4 rings (SSSR count). The standard InChI is InChI=1S/C28H26Cl2FN5O2/c1-18(2)16-35(28(38)32-23-10-6-9-22(29)27(23)30)17-26(37)33-25-15-24(19-7-4-3-5-8-19)34-36(25)21-13-11-20(31)12-14-21/h3-15,18H,16-17H2,1-2H3,(H,32,38)(H,33,37). The van der Waals surface area contributed by atoms with Crippen LogP contribution < -0.4 is 10.6 Å². The Labute approximate surface area is 230 Å². The molecule has 0 aliphatic heterocycles. The second-order valence-electron chi connectivity index (χ2n) is 9.02. The number of nitrogens with one attached hydrogen (secondary N) is 2. The molecule has 0 fully saturated rings. The second-order valence-corrected chi connectivity index (χ2v) is 9.81. The average Bonchev–Trinajstić information content (AvgIpc) is 3.30. The summed E-state index contributed by atoms with van der Waals surface area (Å²) in [6.45, 7) is 3.99. The third-order valence-electron chi connectivity index (χ3n) is 5.52. The molecule has 0 bridgehead atoms. The first-order valence-corrected chi connectivity index (χ1v) is 12.7. The fraction of sp³-hybridized carbons (Fsp3) is 0.179. The Kier molecular flexibility index (Phi) is 8.66. The van der Waals surface area contributed by atoms with Crippen LogP contribution in [0.25, 0.3) is 16.9 Å². The van der Waals surface area contributed by atoms with Crippen LogP contribution in [0.15, 0.2) is 78.9 Å². The minimum atomic E-state index is -0.491. The van der Waals surface area contributed by atoms with Crippen LogP contribution in [0.4, 0.5) is 20.7 Å². The molecule has 10 heteroatoms. The highest BCUT2D eigenvalue weighted by atomic mass is 35.5. The zero-order valence-corrected chi connectivity index (χ0v) is 22.3. The molecule has 0 aliphatic carbocycles. The topological polar surface area (TPSA) is 79.3 Å². The molecule has 0 spiro atoms. The smallest absolute Gasteiger partial charge is 0.315 e. The number of halogens is 3. The highest BCUT2D eigenvalue weighted by Crippen LogP contribution is 2.30. The third-order valence-corrected chi connectivity index (χ3v) is 6.34. The molecule has 0 saturated heterocycles. The fourth-order valence-corrected chi connectivity index (χ4v) is 4.16. The molecule has 0 saturated carbocycles. The molecule has 3 amide bonds. The lowest BCUT2D eigenvalue weighted by molar-refractivity contribution is -0.116. The van der Waals surface area contributed by atoms with Crippen LogP contribution in [-0.2, 0) is 4.79 Å². The van der Waals surface area contributed by atoms with Gasteiger partial charge in [0, 0.05) is 18.2 Å². The fourth-order valence-electron chi connectivity index (χ4n) is 3.81. The summed E-state index contributed by atoms with van der Waals surface area (Å²) in [6.07, 6.45) is 0. The van der Waals surface area contributed by atoms with E-state index >= 15 is 0 Å². The number of carbonyl (C=O) groups excluding carboxylic acids is 2. The van der Waals surface area contributed by atoms with E-state index in [0.29, 0.717) is 34.5 Å². The summed E-state index contributed by atoms with van der Waals surface area (Å²) in [5.41, 5.74) is 2.39. The van der Waals surface area contributed by atoms with Crippen molar-refractivity contribution >= 4 is 46.6 Å². The van der Waals surface area contributed by atoms with Crippen molar-refractivity contribution in [2.45, 2.75) is 13.8 Å². The lowest BCUT2D eigenvalue weighted by atomic mass is 10.1. The number of anilines is 2. The summed E-state index contributed by atoms with van der Waals surface area (Å²) in [7, 11) is 0. The van der Waals surface area contributed by atoms with Gasteiger partial charge in [0.1, 0.15) is 18.2 Å². The Balaban J connectivity index is 1.57.